The lowest BCUT2D eigenvalue weighted by Gasteiger charge is -2.08. The third-order valence-corrected chi connectivity index (χ3v) is 3.03. The number of halogens is 1. The van der Waals surface area contributed by atoms with E-state index in [2.05, 4.69) is 22.0 Å². The Balaban J connectivity index is 2.21. The van der Waals surface area contributed by atoms with Crippen LogP contribution in [0.1, 0.15) is 15.9 Å². The largest absolute Gasteiger partial charge is 0.457 e. The lowest BCUT2D eigenvalue weighted by molar-refractivity contribution is 0.112. The van der Waals surface area contributed by atoms with Gasteiger partial charge in [0.05, 0.1) is 18.1 Å². The molecule has 0 radical (unpaired) electrons. The zero-order valence-corrected chi connectivity index (χ0v) is 11.6. The van der Waals surface area contributed by atoms with Crippen LogP contribution in [0, 0.1) is 11.3 Å². The zero-order chi connectivity index (χ0) is 13.7. The third kappa shape index (κ3) is 3.43. The molecular formula is C15H10BrNO2. The molecule has 19 heavy (non-hydrogen) atoms. The smallest absolute Gasteiger partial charge is 0.153 e. The zero-order valence-electron chi connectivity index (χ0n) is 9.97. The van der Waals surface area contributed by atoms with E-state index in [1.807, 2.05) is 18.2 Å². The monoisotopic (exact) mass is 315 g/mol. The van der Waals surface area contributed by atoms with E-state index in [0.717, 1.165) is 16.3 Å². The summed E-state index contributed by atoms with van der Waals surface area (Å²) in [5.74, 6) is 1.14. The standard InChI is InChI=1S/C15H10BrNO2/c16-13-3-6-15(12(9-13)10-18)19-14-4-1-11(2-5-14)7-8-17/h1-6,9-10H,7H2. The number of nitriles is 1. The van der Waals surface area contributed by atoms with Gasteiger partial charge in [-0.1, -0.05) is 28.1 Å². The van der Waals surface area contributed by atoms with Crippen LogP contribution in [0.3, 0.4) is 0 Å². The normalized spacial score (nSPS) is 9.68. The number of ether oxygens (including phenoxy) is 1. The van der Waals surface area contributed by atoms with Gasteiger partial charge in [0.25, 0.3) is 0 Å². The summed E-state index contributed by atoms with van der Waals surface area (Å²) in [6.07, 6.45) is 1.13. The van der Waals surface area contributed by atoms with Crippen molar-refractivity contribution < 1.29 is 9.53 Å². The fourth-order valence-electron chi connectivity index (χ4n) is 1.60. The highest BCUT2D eigenvalue weighted by atomic mass is 79.9. The maximum Gasteiger partial charge on any atom is 0.153 e. The van der Waals surface area contributed by atoms with Crippen LogP contribution in [-0.4, -0.2) is 6.29 Å². The lowest BCUT2D eigenvalue weighted by atomic mass is 10.1. The first-order valence-corrected chi connectivity index (χ1v) is 6.40. The van der Waals surface area contributed by atoms with Crippen LogP contribution in [0.5, 0.6) is 11.5 Å². The van der Waals surface area contributed by atoms with Crippen molar-refractivity contribution in [3.8, 4) is 17.6 Å². The molecule has 4 heteroatoms. The molecule has 0 aliphatic carbocycles. The molecule has 0 bridgehead atoms. The van der Waals surface area contributed by atoms with E-state index < -0.39 is 0 Å². The summed E-state index contributed by atoms with van der Waals surface area (Å²) in [6.45, 7) is 0. The molecule has 0 amide bonds. The molecule has 94 valence electrons. The molecule has 3 nitrogen and oxygen atoms in total. The summed E-state index contributed by atoms with van der Waals surface area (Å²) < 4.78 is 6.48. The van der Waals surface area contributed by atoms with E-state index in [0.29, 0.717) is 23.5 Å². The number of aldehydes is 1. The van der Waals surface area contributed by atoms with Crippen molar-refractivity contribution in [1.29, 1.82) is 5.26 Å². The topological polar surface area (TPSA) is 50.1 Å². The Morgan fingerprint density at radius 1 is 1.21 bits per heavy atom. The Bertz CT molecular complexity index is 630. The second-order valence-corrected chi connectivity index (χ2v) is 4.80. The second kappa shape index (κ2) is 6.17. The lowest BCUT2D eigenvalue weighted by Crippen LogP contribution is -1.91. The number of hydrogen-bond donors (Lipinski definition) is 0. The molecule has 0 saturated carbocycles. The van der Waals surface area contributed by atoms with Crippen LogP contribution >= 0.6 is 15.9 Å². The Labute approximate surface area is 119 Å². The molecular weight excluding hydrogens is 306 g/mol. The molecule has 0 N–H and O–H groups in total. The van der Waals surface area contributed by atoms with Gasteiger partial charge in [0, 0.05) is 4.47 Å². The van der Waals surface area contributed by atoms with Crippen molar-refractivity contribution in [2.45, 2.75) is 6.42 Å². The molecule has 0 unspecified atom stereocenters. The molecule has 2 aromatic rings. The van der Waals surface area contributed by atoms with Gasteiger partial charge in [0.15, 0.2) is 6.29 Å². The van der Waals surface area contributed by atoms with Crippen LogP contribution in [0.15, 0.2) is 46.9 Å². The van der Waals surface area contributed by atoms with E-state index in [-0.39, 0.29) is 0 Å². The van der Waals surface area contributed by atoms with Crippen LogP contribution in [0.4, 0.5) is 0 Å². The molecule has 2 rings (SSSR count). The number of carbonyl (C=O) groups excluding carboxylic acids is 1. The highest BCUT2D eigenvalue weighted by Gasteiger charge is 2.05. The van der Waals surface area contributed by atoms with E-state index >= 15 is 0 Å². The van der Waals surface area contributed by atoms with Gasteiger partial charge in [-0.2, -0.15) is 5.26 Å². The van der Waals surface area contributed by atoms with Gasteiger partial charge in [0.2, 0.25) is 0 Å². The Morgan fingerprint density at radius 3 is 2.58 bits per heavy atom. The van der Waals surface area contributed by atoms with Gasteiger partial charge in [-0.25, -0.2) is 0 Å². The maximum absolute atomic E-state index is 11.0. The fraction of sp³-hybridized carbons (Fsp3) is 0.0667. The van der Waals surface area contributed by atoms with Crippen molar-refractivity contribution in [3.05, 3.63) is 58.1 Å². The van der Waals surface area contributed by atoms with E-state index in [1.54, 1.807) is 24.3 Å². The van der Waals surface area contributed by atoms with Crippen molar-refractivity contribution in [1.82, 2.24) is 0 Å². The number of nitrogens with zero attached hydrogens (tertiary/aromatic N) is 1. The number of hydrogen-bond acceptors (Lipinski definition) is 3. The minimum absolute atomic E-state index is 0.373. The molecule has 0 fully saturated rings. The fourth-order valence-corrected chi connectivity index (χ4v) is 1.98. The highest BCUT2D eigenvalue weighted by Crippen LogP contribution is 2.27. The molecule has 0 saturated heterocycles. The van der Waals surface area contributed by atoms with Crippen molar-refractivity contribution in [2.24, 2.45) is 0 Å². The number of carbonyl (C=O) groups is 1. The summed E-state index contributed by atoms with van der Waals surface area (Å²) in [5.41, 5.74) is 1.41. The maximum atomic E-state index is 11.0. The molecule has 0 spiro atoms. The summed E-state index contributed by atoms with van der Waals surface area (Å²) in [5, 5.41) is 8.59. The van der Waals surface area contributed by atoms with Gasteiger partial charge in [0.1, 0.15) is 11.5 Å². The van der Waals surface area contributed by atoms with Gasteiger partial charge < -0.3 is 4.74 Å². The molecule has 2 aromatic carbocycles. The molecule has 0 aliphatic rings. The summed E-state index contributed by atoms with van der Waals surface area (Å²) in [4.78, 5) is 11.0. The minimum Gasteiger partial charge on any atom is -0.457 e. The van der Waals surface area contributed by atoms with Crippen molar-refractivity contribution in [2.75, 3.05) is 0 Å². The molecule has 0 aliphatic heterocycles. The first-order valence-electron chi connectivity index (χ1n) is 5.61. The average Bonchev–Trinajstić information content (AvgIpc) is 2.43. The molecule has 0 aromatic heterocycles. The quantitative estimate of drug-likeness (QED) is 0.797. The first-order chi connectivity index (χ1) is 9.22. The third-order valence-electron chi connectivity index (χ3n) is 2.53. The van der Waals surface area contributed by atoms with Gasteiger partial charge in [-0.05, 0) is 35.9 Å². The molecule has 0 heterocycles. The predicted molar refractivity (Wildman–Crippen MR) is 75.4 cm³/mol. The second-order valence-electron chi connectivity index (χ2n) is 3.88. The highest BCUT2D eigenvalue weighted by molar-refractivity contribution is 9.10. The average molecular weight is 316 g/mol. The van der Waals surface area contributed by atoms with Crippen LogP contribution in [-0.2, 0) is 6.42 Å². The predicted octanol–water partition coefficient (Wildman–Crippen LogP) is 4.12. The Kier molecular flexibility index (Phi) is 4.32. The van der Waals surface area contributed by atoms with Gasteiger partial charge in [-0.15, -0.1) is 0 Å². The van der Waals surface area contributed by atoms with Gasteiger partial charge in [-0.3, -0.25) is 4.79 Å². The Morgan fingerprint density at radius 2 is 1.95 bits per heavy atom. The van der Waals surface area contributed by atoms with E-state index in [9.17, 15) is 4.79 Å². The SMILES string of the molecule is N#CCc1ccc(Oc2ccc(Br)cc2C=O)cc1. The Hall–Kier alpha value is -2.12. The van der Waals surface area contributed by atoms with Crippen LogP contribution in [0.25, 0.3) is 0 Å². The summed E-state index contributed by atoms with van der Waals surface area (Å²) >= 11 is 3.30. The first kappa shape index (κ1) is 13.3. The van der Waals surface area contributed by atoms with Gasteiger partial charge >= 0.3 is 0 Å². The summed E-state index contributed by atoms with van der Waals surface area (Å²) in [7, 11) is 0. The number of rotatable bonds is 4. The van der Waals surface area contributed by atoms with Crippen molar-refractivity contribution in [3.63, 3.8) is 0 Å². The van der Waals surface area contributed by atoms with Crippen LogP contribution in [0.2, 0.25) is 0 Å². The van der Waals surface area contributed by atoms with E-state index in [1.165, 1.54) is 0 Å². The summed E-state index contributed by atoms with van der Waals surface area (Å²) in [6, 6.07) is 14.6. The van der Waals surface area contributed by atoms with E-state index in [4.69, 9.17) is 10.00 Å². The van der Waals surface area contributed by atoms with Crippen LogP contribution < -0.4 is 4.74 Å². The number of benzene rings is 2. The minimum atomic E-state index is 0.373. The molecule has 0 atom stereocenters. The van der Waals surface area contributed by atoms with Crippen molar-refractivity contribution >= 4 is 22.2 Å².